The number of aliphatic carboxylic acids is 1. The van der Waals surface area contributed by atoms with Gasteiger partial charge in [-0.05, 0) is 12.8 Å². The molecule has 0 fully saturated rings. The zero-order chi connectivity index (χ0) is 16.6. The van der Waals surface area contributed by atoms with Crippen LogP contribution in [0.5, 0.6) is 0 Å². The summed E-state index contributed by atoms with van der Waals surface area (Å²) in [7, 11) is 0. The average molecular weight is 374 g/mol. The molecule has 0 aromatic rings. The number of carboxylic acid groups (broad SMARTS) is 1. The molecule has 6 heteroatoms. The fourth-order valence-electron chi connectivity index (χ4n) is 2.74. The van der Waals surface area contributed by atoms with E-state index in [0.29, 0.717) is 6.42 Å². The summed E-state index contributed by atoms with van der Waals surface area (Å²) in [5, 5.41) is 10.4. The molecule has 0 saturated carbocycles. The molecule has 0 heterocycles. The summed E-state index contributed by atoms with van der Waals surface area (Å²) in [5.41, 5.74) is 0. The van der Waals surface area contributed by atoms with E-state index in [1.165, 1.54) is 57.8 Å². The largest absolute Gasteiger partial charge is 1.00 e. The number of unbranched alkanes of at least 4 members (excludes halogenated alkanes) is 11. The van der Waals surface area contributed by atoms with E-state index < -0.39 is 17.0 Å². The molecule has 0 radical (unpaired) electrons. The van der Waals surface area contributed by atoms with Crippen LogP contribution in [-0.2, 0) is 22.2 Å². The summed E-state index contributed by atoms with van der Waals surface area (Å²) >= 11 is 4.44. The summed E-state index contributed by atoms with van der Waals surface area (Å²) in [6, 6.07) is 0. The van der Waals surface area contributed by atoms with Crippen LogP contribution in [-0.4, -0.2) is 11.1 Å². The maximum atomic E-state index is 10.9. The maximum absolute atomic E-state index is 10.9. The molecular weight excluding hydrogens is 342 g/mol. The molecule has 1 atom stereocenters. The van der Waals surface area contributed by atoms with Gasteiger partial charge in [-0.25, -0.2) is 0 Å². The Bertz CT molecular complexity index is 302. The standard InChI is InChI=1S/C18H34O3S.2Na/c1-2-3-4-5-6-7-8-9-10-11-12-13-14-16(18(20)21)15-17(19)22;;/h16H,2-15H2,1H3,(H,19,22)(H,20,21);;/q;2*+1/p-2. The summed E-state index contributed by atoms with van der Waals surface area (Å²) < 4.78 is 0. The van der Waals surface area contributed by atoms with Crippen LogP contribution in [0.3, 0.4) is 0 Å². The maximum Gasteiger partial charge on any atom is 1.00 e. The second-order valence-electron chi connectivity index (χ2n) is 6.27. The van der Waals surface area contributed by atoms with E-state index in [0.717, 1.165) is 19.3 Å². The van der Waals surface area contributed by atoms with Crippen LogP contribution in [0.15, 0.2) is 0 Å². The number of hydrogen-bond acceptors (Lipinski definition) is 4. The third-order valence-corrected chi connectivity index (χ3v) is 4.32. The first-order valence-electron chi connectivity index (χ1n) is 8.98. The smallest absolute Gasteiger partial charge is 0.742 e. The van der Waals surface area contributed by atoms with Gasteiger partial charge in [-0.2, -0.15) is 0 Å². The fraction of sp³-hybridized carbons (Fsp3) is 0.889. The Morgan fingerprint density at radius 2 is 1.17 bits per heavy atom. The van der Waals surface area contributed by atoms with Crippen molar-refractivity contribution in [2.45, 2.75) is 96.8 Å². The van der Waals surface area contributed by atoms with Crippen molar-refractivity contribution in [2.75, 3.05) is 0 Å². The van der Waals surface area contributed by atoms with Crippen LogP contribution in [0.25, 0.3) is 0 Å². The number of hydrogen-bond donors (Lipinski definition) is 0. The SMILES string of the molecule is CCCCCCCCCCCCCCC(CC(=O)[S-])C(=O)[O-].[Na+].[Na+]. The Kier molecular flexibility index (Phi) is 28.1. The van der Waals surface area contributed by atoms with Crippen LogP contribution < -0.4 is 64.2 Å². The van der Waals surface area contributed by atoms with E-state index in [2.05, 4.69) is 19.6 Å². The van der Waals surface area contributed by atoms with Gasteiger partial charge in [-0.15, -0.1) is 0 Å². The Balaban J connectivity index is -0.00000220. The zero-order valence-corrected chi connectivity index (χ0v) is 20.9. The molecule has 0 amide bonds. The Labute approximate surface area is 198 Å². The van der Waals surface area contributed by atoms with Crippen LogP contribution in [0.2, 0.25) is 0 Å². The van der Waals surface area contributed by atoms with Crippen molar-refractivity contribution in [2.24, 2.45) is 5.92 Å². The zero-order valence-electron chi connectivity index (χ0n) is 16.1. The van der Waals surface area contributed by atoms with Crippen molar-refractivity contribution in [3.63, 3.8) is 0 Å². The predicted molar refractivity (Wildman–Crippen MR) is 91.2 cm³/mol. The summed E-state index contributed by atoms with van der Waals surface area (Å²) in [6.07, 6.45) is 15.4. The van der Waals surface area contributed by atoms with Gasteiger partial charge in [0, 0.05) is 17.0 Å². The van der Waals surface area contributed by atoms with Crippen molar-refractivity contribution < 1.29 is 73.8 Å². The van der Waals surface area contributed by atoms with Crippen LogP contribution >= 0.6 is 0 Å². The van der Waals surface area contributed by atoms with E-state index in [1.54, 1.807) is 0 Å². The quantitative estimate of drug-likeness (QED) is 0.177. The molecule has 3 nitrogen and oxygen atoms in total. The third kappa shape index (κ3) is 21.4. The summed E-state index contributed by atoms with van der Waals surface area (Å²) in [5.74, 6) is -1.82. The molecule has 0 saturated heterocycles. The minimum atomic E-state index is -1.14. The topological polar surface area (TPSA) is 57.2 Å². The second kappa shape index (κ2) is 22.4. The van der Waals surface area contributed by atoms with E-state index in [1.807, 2.05) is 0 Å². The van der Waals surface area contributed by atoms with E-state index in [9.17, 15) is 14.7 Å². The normalized spacial score (nSPS) is 11.2. The monoisotopic (exact) mass is 374 g/mol. The number of rotatable bonds is 16. The molecule has 1 unspecified atom stereocenters. The molecule has 130 valence electrons. The van der Waals surface area contributed by atoms with Gasteiger partial charge in [0.2, 0.25) is 0 Å². The first-order valence-corrected chi connectivity index (χ1v) is 9.39. The van der Waals surface area contributed by atoms with E-state index >= 15 is 0 Å². The fourth-order valence-corrected chi connectivity index (χ4v) is 2.94. The van der Waals surface area contributed by atoms with Crippen molar-refractivity contribution in [3.05, 3.63) is 0 Å². The molecule has 0 bridgehead atoms. The first-order chi connectivity index (χ1) is 10.6. The number of carboxylic acids is 1. The van der Waals surface area contributed by atoms with Gasteiger partial charge < -0.3 is 27.3 Å². The predicted octanol–water partition coefficient (Wildman–Crippen LogP) is -2.08. The van der Waals surface area contributed by atoms with Crippen molar-refractivity contribution in [1.29, 1.82) is 0 Å². The van der Waals surface area contributed by atoms with Gasteiger partial charge in [0.15, 0.2) is 0 Å². The molecule has 24 heavy (non-hydrogen) atoms. The van der Waals surface area contributed by atoms with Gasteiger partial charge in [0.25, 0.3) is 0 Å². The van der Waals surface area contributed by atoms with Gasteiger partial charge in [0.05, 0.1) is 0 Å². The average Bonchev–Trinajstić information content (AvgIpc) is 2.46. The molecular formula is C18H32Na2O3S. The van der Waals surface area contributed by atoms with Crippen molar-refractivity contribution in [3.8, 4) is 0 Å². The van der Waals surface area contributed by atoms with Gasteiger partial charge in [-0.1, -0.05) is 84.0 Å². The second-order valence-corrected chi connectivity index (χ2v) is 6.73. The Morgan fingerprint density at radius 3 is 1.50 bits per heavy atom. The molecule has 0 N–H and O–H groups in total. The van der Waals surface area contributed by atoms with Crippen LogP contribution in [0, 0.1) is 5.92 Å². The molecule has 0 aliphatic rings. The van der Waals surface area contributed by atoms with Crippen LogP contribution in [0.1, 0.15) is 96.8 Å². The molecule has 0 spiro atoms. The van der Waals surface area contributed by atoms with Gasteiger partial charge in [-0.3, -0.25) is 0 Å². The van der Waals surface area contributed by atoms with Gasteiger partial charge >= 0.3 is 59.1 Å². The summed E-state index contributed by atoms with van der Waals surface area (Å²) in [4.78, 5) is 21.7. The van der Waals surface area contributed by atoms with Crippen molar-refractivity contribution in [1.82, 2.24) is 0 Å². The summed E-state index contributed by atoms with van der Waals surface area (Å²) in [6.45, 7) is 2.24. The van der Waals surface area contributed by atoms with Crippen molar-refractivity contribution >= 4 is 23.7 Å². The molecule has 0 aliphatic carbocycles. The van der Waals surface area contributed by atoms with E-state index in [-0.39, 0.29) is 65.5 Å². The molecule has 0 rings (SSSR count). The Hall–Kier alpha value is 1.36. The van der Waals surface area contributed by atoms with E-state index in [4.69, 9.17) is 0 Å². The minimum absolute atomic E-state index is 0. The molecule has 0 aromatic carbocycles. The molecule has 0 aliphatic heterocycles. The minimum Gasteiger partial charge on any atom is -0.742 e. The first kappa shape index (κ1) is 30.1. The number of carbonyl (C=O) groups is 2. The van der Waals surface area contributed by atoms with Gasteiger partial charge in [0.1, 0.15) is 0 Å². The van der Waals surface area contributed by atoms with Crippen LogP contribution in [0.4, 0.5) is 0 Å². The Morgan fingerprint density at radius 1 is 0.792 bits per heavy atom. The third-order valence-electron chi connectivity index (χ3n) is 4.15. The molecule has 0 aromatic heterocycles. The number of carbonyl (C=O) groups excluding carboxylic acids is 2.